The summed E-state index contributed by atoms with van der Waals surface area (Å²) in [5.74, 6) is 0.931. The predicted molar refractivity (Wildman–Crippen MR) is 126 cm³/mol. The van der Waals surface area contributed by atoms with Crippen LogP contribution in [0, 0.1) is 6.92 Å². The molecule has 0 aliphatic rings. The van der Waals surface area contributed by atoms with E-state index in [-0.39, 0.29) is 0 Å². The second kappa shape index (κ2) is 8.87. The molecule has 0 aliphatic carbocycles. The van der Waals surface area contributed by atoms with Gasteiger partial charge in [0, 0.05) is 16.3 Å². The quantitative estimate of drug-likeness (QED) is 0.357. The second-order valence-electron chi connectivity index (χ2n) is 7.93. The molecule has 3 aromatic rings. The first kappa shape index (κ1) is 20.5. The Kier molecular flexibility index (Phi) is 6.51. The molecular formula is C26H28BrN. The summed E-state index contributed by atoms with van der Waals surface area (Å²) in [5.41, 5.74) is 8.49. The molecule has 0 saturated carbocycles. The van der Waals surface area contributed by atoms with Gasteiger partial charge in [0.15, 0.2) is 0 Å². The zero-order valence-electron chi connectivity index (χ0n) is 17.3. The monoisotopic (exact) mass is 433 g/mol. The molecule has 0 spiro atoms. The summed E-state index contributed by atoms with van der Waals surface area (Å²) in [6, 6.07) is 21.6. The molecule has 3 aromatic carbocycles. The van der Waals surface area contributed by atoms with Crippen LogP contribution in [0.1, 0.15) is 61.8 Å². The topological polar surface area (TPSA) is 12.4 Å². The maximum Gasteiger partial charge on any atom is 0.0667 e. The largest absolute Gasteiger partial charge is 0.256 e. The minimum Gasteiger partial charge on any atom is -0.256 e. The minimum absolute atomic E-state index is 0.440. The second-order valence-corrected chi connectivity index (χ2v) is 8.85. The van der Waals surface area contributed by atoms with E-state index >= 15 is 0 Å². The van der Waals surface area contributed by atoms with Gasteiger partial charge in [-0.05, 0) is 64.8 Å². The number of hydrogen-bond acceptors (Lipinski definition) is 1. The molecule has 0 unspecified atom stereocenters. The van der Waals surface area contributed by atoms with Gasteiger partial charge in [0.1, 0.15) is 0 Å². The van der Waals surface area contributed by atoms with Crippen LogP contribution in [0.5, 0.6) is 0 Å². The lowest BCUT2D eigenvalue weighted by Gasteiger charge is -2.14. The molecule has 0 amide bonds. The molecule has 3 rings (SSSR count). The molecule has 0 saturated heterocycles. The summed E-state index contributed by atoms with van der Waals surface area (Å²) in [6.45, 7) is 11.1. The van der Waals surface area contributed by atoms with Gasteiger partial charge in [0.05, 0.1) is 5.69 Å². The molecule has 144 valence electrons. The zero-order chi connectivity index (χ0) is 20.3. The zero-order valence-corrected chi connectivity index (χ0v) is 18.9. The van der Waals surface area contributed by atoms with Crippen LogP contribution in [0.15, 0.2) is 70.1 Å². The van der Waals surface area contributed by atoms with E-state index < -0.39 is 0 Å². The molecule has 0 heterocycles. The van der Waals surface area contributed by atoms with Crippen LogP contribution < -0.4 is 0 Å². The van der Waals surface area contributed by atoms with Crippen molar-refractivity contribution in [2.45, 2.75) is 46.5 Å². The standard InChI is InChI=1S/C26H28BrN/c1-17(2)20-12-13-23(18(3)4)26(15-20)28-16-25-19(5)8-6-11-24(25)21-9-7-10-22(27)14-21/h6-18H,1-5H3. The highest BCUT2D eigenvalue weighted by Gasteiger charge is 2.10. The Morgan fingerprint density at radius 2 is 1.61 bits per heavy atom. The third-order valence-electron chi connectivity index (χ3n) is 5.14. The van der Waals surface area contributed by atoms with Crippen molar-refractivity contribution in [2.75, 3.05) is 0 Å². The highest BCUT2D eigenvalue weighted by molar-refractivity contribution is 9.10. The lowest BCUT2D eigenvalue weighted by Crippen LogP contribution is -1.95. The van der Waals surface area contributed by atoms with Gasteiger partial charge >= 0.3 is 0 Å². The van der Waals surface area contributed by atoms with E-state index in [1.807, 2.05) is 6.21 Å². The van der Waals surface area contributed by atoms with E-state index in [1.54, 1.807) is 0 Å². The molecular weight excluding hydrogens is 406 g/mol. The predicted octanol–water partition coefficient (Wildman–Crippen LogP) is 8.42. The summed E-state index contributed by atoms with van der Waals surface area (Å²) in [4.78, 5) is 4.97. The van der Waals surface area contributed by atoms with Crippen molar-refractivity contribution < 1.29 is 0 Å². The average molecular weight is 434 g/mol. The number of aliphatic imine (C=N–C) groups is 1. The van der Waals surface area contributed by atoms with Gasteiger partial charge in [-0.15, -0.1) is 0 Å². The van der Waals surface area contributed by atoms with E-state index in [1.165, 1.54) is 33.4 Å². The van der Waals surface area contributed by atoms with E-state index in [2.05, 4.69) is 111 Å². The van der Waals surface area contributed by atoms with E-state index in [9.17, 15) is 0 Å². The summed E-state index contributed by atoms with van der Waals surface area (Å²) in [5, 5.41) is 0. The molecule has 2 heteroatoms. The molecule has 0 aliphatic heterocycles. The van der Waals surface area contributed by atoms with Crippen molar-refractivity contribution in [3.05, 3.63) is 87.4 Å². The van der Waals surface area contributed by atoms with Gasteiger partial charge in [0.2, 0.25) is 0 Å². The average Bonchev–Trinajstić information content (AvgIpc) is 2.66. The van der Waals surface area contributed by atoms with Crippen LogP contribution in [0.3, 0.4) is 0 Å². The van der Waals surface area contributed by atoms with Gasteiger partial charge in [0.25, 0.3) is 0 Å². The molecule has 0 radical (unpaired) electrons. The maximum absolute atomic E-state index is 4.97. The van der Waals surface area contributed by atoms with Crippen LogP contribution >= 0.6 is 15.9 Å². The van der Waals surface area contributed by atoms with Crippen molar-refractivity contribution in [2.24, 2.45) is 4.99 Å². The smallest absolute Gasteiger partial charge is 0.0667 e. The molecule has 0 atom stereocenters. The number of rotatable bonds is 5. The molecule has 0 N–H and O–H groups in total. The summed E-state index contributed by atoms with van der Waals surface area (Å²) >= 11 is 3.59. The minimum atomic E-state index is 0.440. The van der Waals surface area contributed by atoms with Gasteiger partial charge in [-0.1, -0.05) is 86.1 Å². The Balaban J connectivity index is 2.10. The number of benzene rings is 3. The fourth-order valence-corrected chi connectivity index (χ4v) is 3.81. The molecule has 28 heavy (non-hydrogen) atoms. The van der Waals surface area contributed by atoms with Crippen LogP contribution in [0.25, 0.3) is 11.1 Å². The fraction of sp³-hybridized carbons (Fsp3) is 0.269. The van der Waals surface area contributed by atoms with Crippen LogP contribution in [-0.2, 0) is 0 Å². The summed E-state index contributed by atoms with van der Waals surface area (Å²) in [7, 11) is 0. The third-order valence-corrected chi connectivity index (χ3v) is 5.63. The molecule has 0 fully saturated rings. The third kappa shape index (κ3) is 4.62. The van der Waals surface area contributed by atoms with Gasteiger partial charge in [-0.2, -0.15) is 0 Å². The Morgan fingerprint density at radius 1 is 0.857 bits per heavy atom. The SMILES string of the molecule is Cc1cccc(-c2cccc(Br)c2)c1C=Nc1cc(C(C)C)ccc1C(C)C. The van der Waals surface area contributed by atoms with Crippen molar-refractivity contribution in [3.63, 3.8) is 0 Å². The first-order chi connectivity index (χ1) is 13.4. The van der Waals surface area contributed by atoms with Crippen molar-refractivity contribution >= 4 is 27.8 Å². The molecule has 0 aromatic heterocycles. The Labute approximate surface area is 177 Å². The highest BCUT2D eigenvalue weighted by Crippen LogP contribution is 2.32. The molecule has 1 nitrogen and oxygen atoms in total. The summed E-state index contributed by atoms with van der Waals surface area (Å²) in [6.07, 6.45) is 2.04. The van der Waals surface area contributed by atoms with Crippen LogP contribution in [0.2, 0.25) is 0 Å². The lowest BCUT2D eigenvalue weighted by molar-refractivity contribution is 0.845. The Bertz CT molecular complexity index is 999. The number of nitrogens with zero attached hydrogens (tertiary/aromatic N) is 1. The fourth-order valence-electron chi connectivity index (χ4n) is 3.41. The van der Waals surface area contributed by atoms with Crippen molar-refractivity contribution in [1.82, 2.24) is 0 Å². The van der Waals surface area contributed by atoms with Gasteiger partial charge in [-0.3, -0.25) is 4.99 Å². The normalized spacial score (nSPS) is 11.7. The highest BCUT2D eigenvalue weighted by atomic mass is 79.9. The number of halogens is 1. The van der Waals surface area contributed by atoms with Crippen molar-refractivity contribution in [1.29, 1.82) is 0 Å². The van der Waals surface area contributed by atoms with Crippen LogP contribution in [0.4, 0.5) is 5.69 Å². The van der Waals surface area contributed by atoms with E-state index in [0.717, 1.165) is 10.2 Å². The lowest BCUT2D eigenvalue weighted by atomic mass is 9.95. The first-order valence-corrected chi connectivity index (χ1v) is 10.7. The van der Waals surface area contributed by atoms with Gasteiger partial charge in [-0.25, -0.2) is 0 Å². The van der Waals surface area contributed by atoms with Crippen LogP contribution in [-0.4, -0.2) is 6.21 Å². The first-order valence-electron chi connectivity index (χ1n) is 9.90. The Hall–Kier alpha value is -2.19. The number of aryl methyl sites for hydroxylation is 1. The molecule has 0 bridgehead atoms. The van der Waals surface area contributed by atoms with E-state index in [4.69, 9.17) is 4.99 Å². The maximum atomic E-state index is 4.97. The summed E-state index contributed by atoms with van der Waals surface area (Å²) < 4.78 is 1.08. The van der Waals surface area contributed by atoms with Gasteiger partial charge < -0.3 is 0 Å². The van der Waals surface area contributed by atoms with E-state index in [0.29, 0.717) is 11.8 Å². The Morgan fingerprint density at radius 3 is 2.29 bits per heavy atom. The number of hydrogen-bond donors (Lipinski definition) is 0. The van der Waals surface area contributed by atoms with Crippen molar-refractivity contribution in [3.8, 4) is 11.1 Å².